The van der Waals surface area contributed by atoms with Crippen LogP contribution in [0.1, 0.15) is 19.7 Å². The van der Waals surface area contributed by atoms with Crippen molar-refractivity contribution >= 4 is 0 Å². The zero-order chi connectivity index (χ0) is 11.5. The van der Waals surface area contributed by atoms with Gasteiger partial charge < -0.3 is 14.6 Å². The molecule has 4 nitrogen and oxygen atoms in total. The summed E-state index contributed by atoms with van der Waals surface area (Å²) in [4.78, 5) is 6.38. The number of likely N-dealkylation sites (N-methyl/N-ethyl adjacent to an activating group) is 1. The molecule has 0 spiro atoms. The second kappa shape index (κ2) is 4.77. The van der Waals surface area contributed by atoms with Crippen molar-refractivity contribution in [2.75, 3.05) is 20.1 Å². The predicted octanol–water partition coefficient (Wildman–Crippen LogP) is 0.665. The highest BCUT2D eigenvalue weighted by molar-refractivity contribution is 4.91. The molecule has 1 heterocycles. The average Bonchev–Trinajstić information content (AvgIpc) is 2.44. The smallest absolute Gasteiger partial charge is 0.109 e. The molecule has 0 aliphatic heterocycles. The molecular weight excluding hydrogens is 190 g/mol. The highest BCUT2D eigenvalue weighted by atomic mass is 16.3. The molecule has 0 bridgehead atoms. The SMILES string of the molecule is CN(CCc1nccn1C)CC(C)(C)O. The lowest BCUT2D eigenvalue weighted by atomic mass is 10.1. The van der Waals surface area contributed by atoms with Crippen molar-refractivity contribution in [3.63, 3.8) is 0 Å². The zero-order valence-electron chi connectivity index (χ0n) is 10.1. The Labute approximate surface area is 91.5 Å². The minimum atomic E-state index is -0.629. The van der Waals surface area contributed by atoms with E-state index in [1.165, 1.54) is 0 Å². The highest BCUT2D eigenvalue weighted by Gasteiger charge is 2.15. The number of imidazole rings is 1. The van der Waals surface area contributed by atoms with Crippen LogP contribution in [0.2, 0.25) is 0 Å². The summed E-state index contributed by atoms with van der Waals surface area (Å²) < 4.78 is 2.03. The Kier molecular flexibility index (Phi) is 3.88. The quantitative estimate of drug-likeness (QED) is 0.778. The van der Waals surface area contributed by atoms with E-state index in [1.54, 1.807) is 0 Å². The summed E-state index contributed by atoms with van der Waals surface area (Å²) in [5.74, 6) is 1.08. The lowest BCUT2D eigenvalue weighted by molar-refractivity contribution is 0.0448. The van der Waals surface area contributed by atoms with Crippen LogP contribution in [0.4, 0.5) is 0 Å². The molecule has 0 radical (unpaired) electrons. The third-order valence-electron chi connectivity index (χ3n) is 2.29. The van der Waals surface area contributed by atoms with Crippen LogP contribution in [0.3, 0.4) is 0 Å². The molecule has 15 heavy (non-hydrogen) atoms. The molecule has 0 atom stereocenters. The van der Waals surface area contributed by atoms with E-state index in [-0.39, 0.29) is 0 Å². The molecular formula is C11H21N3O. The summed E-state index contributed by atoms with van der Waals surface area (Å²) in [5, 5.41) is 9.64. The standard InChI is InChI=1S/C11H21N3O/c1-11(2,15)9-13(3)7-5-10-12-6-8-14(10)4/h6,8,15H,5,7,9H2,1-4H3. The molecule has 1 aromatic rings. The Morgan fingerprint density at radius 3 is 2.67 bits per heavy atom. The van der Waals surface area contributed by atoms with E-state index in [1.807, 2.05) is 44.9 Å². The number of aliphatic hydroxyl groups is 1. The van der Waals surface area contributed by atoms with Gasteiger partial charge in [0.25, 0.3) is 0 Å². The van der Waals surface area contributed by atoms with E-state index >= 15 is 0 Å². The lowest BCUT2D eigenvalue weighted by Gasteiger charge is -2.25. The monoisotopic (exact) mass is 211 g/mol. The maximum atomic E-state index is 9.64. The van der Waals surface area contributed by atoms with Gasteiger partial charge in [-0.25, -0.2) is 4.98 Å². The predicted molar refractivity (Wildman–Crippen MR) is 60.7 cm³/mol. The van der Waals surface area contributed by atoms with E-state index < -0.39 is 5.60 Å². The number of aromatic nitrogens is 2. The molecule has 0 saturated carbocycles. The molecule has 4 heteroatoms. The van der Waals surface area contributed by atoms with Gasteiger partial charge in [0.1, 0.15) is 5.82 Å². The number of rotatable bonds is 5. The van der Waals surface area contributed by atoms with Gasteiger partial charge in [0.05, 0.1) is 5.60 Å². The lowest BCUT2D eigenvalue weighted by Crippen LogP contribution is -2.37. The first-order valence-electron chi connectivity index (χ1n) is 5.25. The molecule has 0 saturated heterocycles. The van der Waals surface area contributed by atoms with Crippen molar-refractivity contribution < 1.29 is 5.11 Å². The first-order valence-corrected chi connectivity index (χ1v) is 5.25. The Hall–Kier alpha value is -0.870. The van der Waals surface area contributed by atoms with Crippen molar-refractivity contribution in [2.24, 2.45) is 7.05 Å². The van der Waals surface area contributed by atoms with E-state index in [4.69, 9.17) is 0 Å². The van der Waals surface area contributed by atoms with Gasteiger partial charge in [0.2, 0.25) is 0 Å². The third kappa shape index (κ3) is 4.44. The number of hydrogen-bond acceptors (Lipinski definition) is 3. The second-order valence-corrected chi connectivity index (χ2v) is 4.75. The fraction of sp³-hybridized carbons (Fsp3) is 0.727. The molecule has 1 aromatic heterocycles. The fourth-order valence-corrected chi connectivity index (χ4v) is 1.67. The molecule has 0 fully saturated rings. The number of aryl methyl sites for hydroxylation is 1. The summed E-state index contributed by atoms with van der Waals surface area (Å²) >= 11 is 0. The number of nitrogens with zero attached hydrogens (tertiary/aromatic N) is 3. The summed E-state index contributed by atoms with van der Waals surface area (Å²) in [6.07, 6.45) is 4.67. The Balaban J connectivity index is 2.35. The first-order chi connectivity index (χ1) is 6.88. The fourth-order valence-electron chi connectivity index (χ4n) is 1.67. The van der Waals surface area contributed by atoms with Gasteiger partial charge in [-0.15, -0.1) is 0 Å². The topological polar surface area (TPSA) is 41.3 Å². The normalized spacial score (nSPS) is 12.4. The number of hydrogen-bond donors (Lipinski definition) is 1. The van der Waals surface area contributed by atoms with Crippen molar-refractivity contribution in [3.8, 4) is 0 Å². The minimum absolute atomic E-state index is 0.629. The van der Waals surface area contributed by atoms with Gasteiger partial charge >= 0.3 is 0 Å². The molecule has 1 N–H and O–H groups in total. The van der Waals surface area contributed by atoms with Crippen molar-refractivity contribution in [1.29, 1.82) is 0 Å². The third-order valence-corrected chi connectivity index (χ3v) is 2.29. The van der Waals surface area contributed by atoms with Gasteiger partial charge in [0.15, 0.2) is 0 Å². The molecule has 0 aliphatic carbocycles. The van der Waals surface area contributed by atoms with E-state index in [2.05, 4.69) is 9.88 Å². The maximum absolute atomic E-state index is 9.64. The molecule has 0 aromatic carbocycles. The molecule has 0 unspecified atom stereocenters. The second-order valence-electron chi connectivity index (χ2n) is 4.75. The average molecular weight is 211 g/mol. The van der Waals surface area contributed by atoms with Crippen LogP contribution in [-0.2, 0) is 13.5 Å². The minimum Gasteiger partial charge on any atom is -0.389 e. The van der Waals surface area contributed by atoms with Gasteiger partial charge in [0, 0.05) is 39.0 Å². The summed E-state index contributed by atoms with van der Waals surface area (Å²) in [6, 6.07) is 0. The van der Waals surface area contributed by atoms with Crippen LogP contribution in [0, 0.1) is 0 Å². The maximum Gasteiger partial charge on any atom is 0.109 e. The van der Waals surface area contributed by atoms with Crippen LogP contribution < -0.4 is 0 Å². The zero-order valence-corrected chi connectivity index (χ0v) is 10.1. The van der Waals surface area contributed by atoms with Crippen LogP contribution in [-0.4, -0.2) is 45.3 Å². The van der Waals surface area contributed by atoms with Gasteiger partial charge in [-0.2, -0.15) is 0 Å². The molecule has 86 valence electrons. The summed E-state index contributed by atoms with van der Waals surface area (Å²) in [7, 11) is 4.01. The van der Waals surface area contributed by atoms with Crippen LogP contribution in [0.25, 0.3) is 0 Å². The van der Waals surface area contributed by atoms with Crippen molar-refractivity contribution in [2.45, 2.75) is 25.9 Å². The molecule has 0 amide bonds. The summed E-state index contributed by atoms with van der Waals surface area (Å²) in [6.45, 7) is 5.24. The van der Waals surface area contributed by atoms with Gasteiger partial charge in [-0.05, 0) is 20.9 Å². The van der Waals surface area contributed by atoms with Crippen LogP contribution in [0.5, 0.6) is 0 Å². The first kappa shape index (κ1) is 12.2. The van der Waals surface area contributed by atoms with E-state index in [0.29, 0.717) is 6.54 Å². The summed E-state index contributed by atoms with van der Waals surface area (Å²) in [5.41, 5.74) is -0.629. The Morgan fingerprint density at radius 2 is 2.20 bits per heavy atom. The van der Waals surface area contributed by atoms with Gasteiger partial charge in [-0.3, -0.25) is 0 Å². The molecule has 0 aliphatic rings. The molecule has 1 rings (SSSR count). The Morgan fingerprint density at radius 1 is 1.53 bits per heavy atom. The Bertz CT molecular complexity index is 301. The van der Waals surface area contributed by atoms with Crippen molar-refractivity contribution in [3.05, 3.63) is 18.2 Å². The highest BCUT2D eigenvalue weighted by Crippen LogP contribution is 2.04. The van der Waals surface area contributed by atoms with Crippen molar-refractivity contribution in [1.82, 2.24) is 14.5 Å². The van der Waals surface area contributed by atoms with Gasteiger partial charge in [-0.1, -0.05) is 0 Å². The van der Waals surface area contributed by atoms with Crippen LogP contribution >= 0.6 is 0 Å². The largest absolute Gasteiger partial charge is 0.389 e. The van der Waals surface area contributed by atoms with Crippen LogP contribution in [0.15, 0.2) is 12.4 Å². The van der Waals surface area contributed by atoms with E-state index in [9.17, 15) is 5.11 Å². The van der Waals surface area contributed by atoms with E-state index in [0.717, 1.165) is 18.8 Å².